The summed E-state index contributed by atoms with van der Waals surface area (Å²) in [7, 11) is -3.95. The fourth-order valence-corrected chi connectivity index (χ4v) is 8.42. The average Bonchev–Trinajstić information content (AvgIpc) is 3.20. The fourth-order valence-electron chi connectivity index (χ4n) is 7.85. The first-order valence-corrected chi connectivity index (χ1v) is 21.9. The number of fused-ring (bicyclic) bond motifs is 2. The van der Waals surface area contributed by atoms with Gasteiger partial charge in [0.15, 0.2) is 18.9 Å². The van der Waals surface area contributed by atoms with Gasteiger partial charge in [-0.25, -0.2) is 9.37 Å². The first-order chi connectivity index (χ1) is 27.0. The Kier molecular flexibility index (Phi) is 14.3. The van der Waals surface area contributed by atoms with E-state index in [2.05, 4.69) is 38.3 Å². The Morgan fingerprint density at radius 3 is 2.27 bits per heavy atom. The van der Waals surface area contributed by atoms with E-state index in [0.717, 1.165) is 99.4 Å². The number of carboxylic acid groups (broad SMARTS) is 1. The van der Waals surface area contributed by atoms with Crippen LogP contribution in [-0.4, -0.2) is 124 Å². The average molecular weight is 790 g/mol. The number of ether oxygens (including phenoxy) is 1. The highest BCUT2D eigenvalue weighted by atomic mass is 32.2. The number of benzene rings is 3. The fraction of sp³-hybridized carbons (Fsp3) is 0.512. The Balaban J connectivity index is 1.37. The second kappa shape index (κ2) is 19.3. The SMILES string of the molecule is CCCCN1CC[N+](=c2ccc3c(-c4cc(C(=O)CCCOCCC)ccc4C(=O)O)c4ccc(N5CCN(CCCCS(=O)(=O)O)CC5)cc4oc-3c2)CC1. The number of piperazine rings is 2. The van der Waals surface area contributed by atoms with Gasteiger partial charge in [-0.15, -0.1) is 0 Å². The zero-order chi connectivity index (χ0) is 39.7. The molecule has 2 saturated heterocycles. The summed E-state index contributed by atoms with van der Waals surface area (Å²) in [6, 6.07) is 17.2. The van der Waals surface area contributed by atoms with E-state index in [1.54, 1.807) is 18.2 Å². The van der Waals surface area contributed by atoms with Gasteiger partial charge in [-0.1, -0.05) is 26.3 Å². The summed E-state index contributed by atoms with van der Waals surface area (Å²) in [6.45, 7) is 14.3. The Morgan fingerprint density at radius 2 is 1.55 bits per heavy atom. The number of nitrogens with zero attached hydrogens (tertiary/aromatic N) is 4. The van der Waals surface area contributed by atoms with Crippen LogP contribution in [0.25, 0.3) is 33.4 Å². The summed E-state index contributed by atoms with van der Waals surface area (Å²) < 4.78 is 46.0. The summed E-state index contributed by atoms with van der Waals surface area (Å²) in [6.07, 6.45) is 5.30. The molecule has 2 aromatic carbocycles. The van der Waals surface area contributed by atoms with E-state index < -0.39 is 16.1 Å². The molecule has 302 valence electrons. The molecule has 0 spiro atoms. The van der Waals surface area contributed by atoms with Crippen molar-refractivity contribution < 1.29 is 36.8 Å². The van der Waals surface area contributed by atoms with Crippen molar-refractivity contribution in [2.45, 2.75) is 58.8 Å². The predicted octanol–water partition coefficient (Wildman–Crippen LogP) is 5.97. The van der Waals surface area contributed by atoms with Crippen molar-refractivity contribution in [2.24, 2.45) is 0 Å². The monoisotopic (exact) mass is 789 g/mol. The van der Waals surface area contributed by atoms with Crippen molar-refractivity contribution in [2.75, 3.05) is 89.3 Å². The van der Waals surface area contributed by atoms with Crippen LogP contribution in [-0.2, 0) is 14.9 Å². The molecule has 56 heavy (non-hydrogen) atoms. The summed E-state index contributed by atoms with van der Waals surface area (Å²) in [5.41, 5.74) is 4.17. The number of aromatic carboxylic acids is 1. The lowest BCUT2D eigenvalue weighted by Crippen LogP contribution is -2.48. The van der Waals surface area contributed by atoms with E-state index in [1.165, 1.54) is 12.8 Å². The molecule has 0 saturated carbocycles. The molecule has 0 amide bonds. The van der Waals surface area contributed by atoms with E-state index in [1.807, 2.05) is 31.2 Å². The number of ketones is 1. The molecule has 0 aromatic heterocycles. The van der Waals surface area contributed by atoms with Gasteiger partial charge in [0.1, 0.15) is 11.3 Å². The molecule has 0 unspecified atom stereocenters. The molecule has 2 N–H and O–H groups in total. The Bertz CT molecular complexity index is 2130. The van der Waals surface area contributed by atoms with Crippen LogP contribution in [0.3, 0.4) is 0 Å². The van der Waals surface area contributed by atoms with E-state index in [0.29, 0.717) is 61.4 Å². The highest BCUT2D eigenvalue weighted by Gasteiger charge is 2.26. The van der Waals surface area contributed by atoms with Crippen LogP contribution < -0.4 is 14.8 Å². The van der Waals surface area contributed by atoms with Crippen molar-refractivity contribution >= 4 is 38.5 Å². The van der Waals surface area contributed by atoms with Gasteiger partial charge in [0, 0.05) is 85.7 Å². The standard InChI is InChI=1S/C43H56N4O8S/c1-3-5-16-44-18-22-46(23-19-44)33-11-14-36-40(30-33)55-41-31-34(47-24-20-45(21-25-47)17-6-7-28-56(51,52)53)12-15-37(41)42(36)38-29-32(10-13-35(38)43(49)50)39(48)9-8-27-54-26-4-2/h10-15,29-31H,3-9,16-28H2,1-2H3,(H-,49,50,51,52,53)/p+1. The number of hydrogen-bond donors (Lipinski definition) is 2. The summed E-state index contributed by atoms with van der Waals surface area (Å²) in [4.78, 5) is 33.4. The van der Waals surface area contributed by atoms with E-state index in [-0.39, 0.29) is 17.1 Å². The Morgan fingerprint density at radius 1 is 0.804 bits per heavy atom. The summed E-state index contributed by atoms with van der Waals surface area (Å²) in [5, 5.41) is 12.3. The zero-order valence-corrected chi connectivity index (χ0v) is 33.7. The third-order valence-corrected chi connectivity index (χ3v) is 11.8. The first kappa shape index (κ1) is 41.5. The van der Waals surface area contributed by atoms with Gasteiger partial charge in [-0.3, -0.25) is 19.1 Å². The van der Waals surface area contributed by atoms with Crippen molar-refractivity contribution in [3.05, 3.63) is 71.1 Å². The molecular formula is C43H57N4O8S+. The third kappa shape index (κ3) is 10.6. The summed E-state index contributed by atoms with van der Waals surface area (Å²) >= 11 is 0. The van der Waals surface area contributed by atoms with Crippen LogP contribution in [0.5, 0.6) is 0 Å². The van der Waals surface area contributed by atoms with Crippen molar-refractivity contribution in [3.8, 4) is 22.5 Å². The number of anilines is 1. The van der Waals surface area contributed by atoms with Gasteiger partial charge >= 0.3 is 5.97 Å². The van der Waals surface area contributed by atoms with Crippen LogP contribution in [0.4, 0.5) is 5.69 Å². The second-order valence-electron chi connectivity index (χ2n) is 15.0. The van der Waals surface area contributed by atoms with Crippen LogP contribution in [0.1, 0.15) is 79.5 Å². The molecule has 0 atom stereocenters. The van der Waals surface area contributed by atoms with E-state index >= 15 is 0 Å². The molecule has 12 nitrogen and oxygen atoms in total. The quantitative estimate of drug-likeness (QED) is 0.0405. The lowest BCUT2D eigenvalue weighted by atomic mass is 9.88. The minimum absolute atomic E-state index is 0.0576. The Labute approximate surface area is 330 Å². The normalized spacial score (nSPS) is 15.9. The van der Waals surface area contributed by atoms with Crippen LogP contribution in [0, 0.1) is 0 Å². The second-order valence-corrected chi connectivity index (χ2v) is 16.6. The van der Waals surface area contributed by atoms with Crippen LogP contribution >= 0.6 is 0 Å². The molecule has 1 aliphatic carbocycles. The Hall–Kier alpha value is -4.14. The van der Waals surface area contributed by atoms with Crippen LogP contribution in [0.2, 0.25) is 0 Å². The number of hydrogen-bond acceptors (Lipinski definition) is 9. The van der Waals surface area contributed by atoms with Crippen molar-refractivity contribution in [1.29, 1.82) is 0 Å². The molecule has 2 fully saturated rings. The minimum atomic E-state index is -3.95. The molecule has 13 heteroatoms. The molecule has 4 aliphatic rings. The summed E-state index contributed by atoms with van der Waals surface area (Å²) in [5.74, 6) is -0.701. The molecule has 3 aliphatic heterocycles. The topological polar surface area (TPSA) is 144 Å². The van der Waals surface area contributed by atoms with Gasteiger partial charge in [0.2, 0.25) is 5.36 Å². The molecule has 0 bridgehead atoms. The lowest BCUT2D eigenvalue weighted by molar-refractivity contribution is 0.0697. The predicted molar refractivity (Wildman–Crippen MR) is 221 cm³/mol. The lowest BCUT2D eigenvalue weighted by Gasteiger charge is -2.36. The first-order valence-electron chi connectivity index (χ1n) is 20.3. The van der Waals surface area contributed by atoms with Gasteiger partial charge in [-0.05, 0) is 81.1 Å². The maximum atomic E-state index is 13.5. The number of carbonyl (C=O) groups excluding carboxylic acids is 1. The highest BCUT2D eigenvalue weighted by molar-refractivity contribution is 7.85. The zero-order valence-electron chi connectivity index (χ0n) is 32.9. The van der Waals surface area contributed by atoms with Gasteiger partial charge in [-0.2, -0.15) is 8.42 Å². The highest BCUT2D eigenvalue weighted by Crippen LogP contribution is 2.42. The van der Waals surface area contributed by atoms with Gasteiger partial charge < -0.3 is 19.2 Å². The third-order valence-electron chi connectivity index (χ3n) is 11.0. The molecule has 0 radical (unpaired) electrons. The number of rotatable bonds is 18. The van der Waals surface area contributed by atoms with Crippen molar-refractivity contribution in [1.82, 2.24) is 14.4 Å². The molecular weight excluding hydrogens is 733 g/mol. The number of carboxylic acids is 1. The molecule has 6 rings (SSSR count). The minimum Gasteiger partial charge on any atom is -0.478 e. The number of carbonyl (C=O) groups is 2. The van der Waals surface area contributed by atoms with Gasteiger partial charge in [0.25, 0.3) is 10.1 Å². The van der Waals surface area contributed by atoms with Crippen molar-refractivity contribution in [3.63, 3.8) is 0 Å². The number of Topliss-reactive ketones (excluding diaryl/α,β-unsaturated/α-hetero) is 1. The smallest absolute Gasteiger partial charge is 0.336 e. The van der Waals surface area contributed by atoms with Gasteiger partial charge in [0.05, 0.1) is 30.5 Å². The van der Waals surface area contributed by atoms with E-state index in [4.69, 9.17) is 13.7 Å². The molecule has 3 heterocycles. The van der Waals surface area contributed by atoms with Crippen LogP contribution in [0.15, 0.2) is 59.0 Å². The maximum Gasteiger partial charge on any atom is 0.336 e. The maximum absolute atomic E-state index is 13.5. The molecule has 2 aromatic rings. The number of unbranched alkanes of at least 4 members (excludes halogenated alkanes) is 2. The largest absolute Gasteiger partial charge is 0.478 e. The van der Waals surface area contributed by atoms with E-state index in [9.17, 15) is 23.1 Å².